The first-order chi connectivity index (χ1) is 41.1. The molecular formula is C49H92N8O24S4. The summed E-state index contributed by atoms with van der Waals surface area (Å²) in [6, 6.07) is 0. The van der Waals surface area contributed by atoms with Crippen molar-refractivity contribution in [1.29, 1.82) is 0 Å². The highest BCUT2D eigenvalue weighted by Gasteiger charge is 2.33. The van der Waals surface area contributed by atoms with E-state index >= 15 is 0 Å². The van der Waals surface area contributed by atoms with Gasteiger partial charge in [-0.2, -0.15) is 66.6 Å². The van der Waals surface area contributed by atoms with Crippen molar-refractivity contribution in [2.45, 2.75) is 79.8 Å². The highest BCUT2D eigenvalue weighted by atomic mass is 32.2. The maximum atomic E-state index is 12.4. The van der Waals surface area contributed by atoms with Crippen LogP contribution in [0, 0.1) is 5.41 Å². The third kappa shape index (κ3) is 48.0. The lowest BCUT2D eigenvalue weighted by molar-refractivity contribution is -0.313. The molecule has 32 nitrogen and oxygen atoms in total. The Morgan fingerprint density at radius 3 is 0.871 bits per heavy atom. The van der Waals surface area contributed by atoms with Gasteiger partial charge in [0.15, 0.2) is 0 Å². The number of alkyl carbamates (subject to hydrolysis) is 4. The fraction of sp³-hybridized carbons (Fsp3) is 0.837. The third-order valence-electron chi connectivity index (χ3n) is 9.58. The second kappa shape index (κ2) is 55.8. The van der Waals surface area contributed by atoms with Gasteiger partial charge < -0.3 is 80.4 Å². The number of thioether (sulfide) groups is 4. The summed E-state index contributed by atoms with van der Waals surface area (Å²) >= 11 is 5.81. The molecule has 0 aromatic carbocycles. The SMILES string of the molecule is CCNC(=O)OCCOCC(CSCC(CSCC(COCCOC(=O)NCC)OCCOC(=O)NCC)(CSCC(COOC(=O)NCC)OOC(=O)NCC)CSCC(COOC(=O)NCC)OOC(=O)NCC)OCCOC(=O)NCC. The zero-order chi connectivity index (χ0) is 63.0. The van der Waals surface area contributed by atoms with Crippen molar-refractivity contribution in [1.82, 2.24) is 42.5 Å². The fourth-order valence-electron chi connectivity index (χ4n) is 5.91. The molecule has 8 amide bonds. The summed E-state index contributed by atoms with van der Waals surface area (Å²) in [5.74, 6) is 2.42. The molecule has 0 radical (unpaired) electrons. The predicted molar refractivity (Wildman–Crippen MR) is 315 cm³/mol. The van der Waals surface area contributed by atoms with E-state index in [1.54, 1.807) is 55.4 Å². The number of ether oxygens (including phenoxy) is 8. The molecule has 0 saturated carbocycles. The lowest BCUT2D eigenvalue weighted by atomic mass is 9.99. The van der Waals surface area contributed by atoms with Crippen molar-refractivity contribution in [2.24, 2.45) is 5.41 Å². The van der Waals surface area contributed by atoms with Crippen LogP contribution in [0.3, 0.4) is 0 Å². The van der Waals surface area contributed by atoms with Crippen LogP contribution in [-0.2, 0) is 77.0 Å². The van der Waals surface area contributed by atoms with Gasteiger partial charge in [0.1, 0.15) is 51.8 Å². The number of amides is 8. The molecule has 4 atom stereocenters. The summed E-state index contributed by atoms with van der Waals surface area (Å²) in [4.78, 5) is 138. The van der Waals surface area contributed by atoms with Crippen LogP contribution in [0.4, 0.5) is 38.4 Å². The van der Waals surface area contributed by atoms with Crippen molar-refractivity contribution >= 4 is 95.8 Å². The highest BCUT2D eigenvalue weighted by molar-refractivity contribution is 8.02. The first kappa shape index (κ1) is 80.2. The Kier molecular flexibility index (Phi) is 52.7. The van der Waals surface area contributed by atoms with Crippen molar-refractivity contribution < 1.29 is 115 Å². The predicted octanol–water partition coefficient (Wildman–Crippen LogP) is 4.14. The normalized spacial score (nSPS) is 13.0. The molecule has 0 spiro atoms. The molecule has 0 aliphatic carbocycles. The second-order valence-corrected chi connectivity index (χ2v) is 21.1. The summed E-state index contributed by atoms with van der Waals surface area (Å²) in [6.45, 7) is 15.6. The molecule has 0 aromatic rings. The molecule has 0 fully saturated rings. The molecule has 0 bridgehead atoms. The molecular weight excluding hydrogens is 1210 g/mol. The summed E-state index contributed by atoms with van der Waals surface area (Å²) in [5, 5.41) is 20.1. The van der Waals surface area contributed by atoms with E-state index in [9.17, 15) is 38.4 Å². The van der Waals surface area contributed by atoms with Gasteiger partial charge in [0, 0.05) is 104 Å². The minimum absolute atomic E-state index is 0.0148. The highest BCUT2D eigenvalue weighted by Crippen LogP contribution is 2.37. The van der Waals surface area contributed by atoms with Gasteiger partial charge in [-0.05, 0) is 55.4 Å². The van der Waals surface area contributed by atoms with Gasteiger partial charge in [-0.25, -0.2) is 38.4 Å². The topological polar surface area (TPSA) is 380 Å². The molecule has 0 aromatic heterocycles. The van der Waals surface area contributed by atoms with Crippen molar-refractivity contribution in [3.05, 3.63) is 0 Å². The fourth-order valence-corrected chi connectivity index (χ4v) is 11.9. The summed E-state index contributed by atoms with van der Waals surface area (Å²) in [7, 11) is 0. The standard InChI is InChI=1S/C49H92N8O24S4/c1-9-50-41(58)70-19-17-66-25-37(68-21-23-72-43(60)52-11-3)29-82-33-49(35-84-31-39(76-80-47(64)56-15-7)27-74-78-45(62)54-13-5,36-85-32-40(77-81-48(65)57-16-8)28-75-79-46(63)55-14-6)34-83-30-38(69-22-24-73-44(61)53-12-4)26-67-18-20-71-42(59)51-10-2/h37-40H,9-36H2,1-8H3,(H,50,58)(H,51,59)(H,52,60)(H,53,61)(H,54,62)(H,55,63)(H,56,64)(H,57,65). The number of hydrogen-bond acceptors (Lipinski definition) is 28. The van der Waals surface area contributed by atoms with E-state index in [0.29, 0.717) is 60.7 Å². The second-order valence-electron chi connectivity index (χ2n) is 17.0. The quantitative estimate of drug-likeness (QED) is 0.0184. The number of rotatable bonds is 52. The molecule has 0 rings (SSSR count). The van der Waals surface area contributed by atoms with E-state index in [1.807, 2.05) is 0 Å². The van der Waals surface area contributed by atoms with Crippen LogP contribution < -0.4 is 42.5 Å². The Balaban J connectivity index is 7.35. The number of nitrogens with one attached hydrogen (secondary N) is 8. The van der Waals surface area contributed by atoms with Gasteiger partial charge in [0.25, 0.3) is 0 Å². The largest absolute Gasteiger partial charge is 0.447 e. The van der Waals surface area contributed by atoms with E-state index in [0.717, 1.165) is 0 Å². The first-order valence-electron chi connectivity index (χ1n) is 27.8. The van der Waals surface area contributed by atoms with Crippen LogP contribution in [0.15, 0.2) is 0 Å². The Labute approximate surface area is 514 Å². The molecule has 0 aliphatic rings. The lowest BCUT2D eigenvalue weighted by Gasteiger charge is -2.35. The van der Waals surface area contributed by atoms with Gasteiger partial charge in [0.05, 0.1) is 51.8 Å². The minimum atomic E-state index is -0.985. The van der Waals surface area contributed by atoms with Crippen LogP contribution >= 0.6 is 47.0 Å². The summed E-state index contributed by atoms with van der Waals surface area (Å²) < 4.78 is 45.0. The first-order valence-corrected chi connectivity index (χ1v) is 32.4. The van der Waals surface area contributed by atoms with Gasteiger partial charge in [-0.15, -0.1) is 0 Å². The van der Waals surface area contributed by atoms with E-state index < -0.39 is 78.6 Å². The van der Waals surface area contributed by atoms with E-state index in [1.165, 1.54) is 47.0 Å². The zero-order valence-corrected chi connectivity index (χ0v) is 53.3. The van der Waals surface area contributed by atoms with Crippen LogP contribution in [0.25, 0.3) is 0 Å². The average molecular weight is 1310 g/mol. The van der Waals surface area contributed by atoms with Crippen LogP contribution in [0.2, 0.25) is 0 Å². The molecule has 496 valence electrons. The smallest absolute Gasteiger partial charge is 0.438 e. The van der Waals surface area contributed by atoms with Crippen LogP contribution in [-0.4, -0.2) is 251 Å². The Bertz CT molecular complexity index is 1660. The maximum absolute atomic E-state index is 12.4. The lowest BCUT2D eigenvalue weighted by Crippen LogP contribution is -2.37. The number of carbonyl (C=O) groups excluding carboxylic acids is 8. The molecule has 4 unspecified atom stereocenters. The van der Waals surface area contributed by atoms with Crippen molar-refractivity contribution in [3.8, 4) is 0 Å². The van der Waals surface area contributed by atoms with E-state index in [2.05, 4.69) is 42.5 Å². The minimum Gasteiger partial charge on any atom is -0.447 e. The Morgan fingerprint density at radius 2 is 0.576 bits per heavy atom. The number of carbonyl (C=O) groups is 8. The van der Waals surface area contributed by atoms with Gasteiger partial charge >= 0.3 is 48.7 Å². The van der Waals surface area contributed by atoms with Gasteiger partial charge in [-0.1, -0.05) is 0 Å². The maximum Gasteiger partial charge on any atom is 0.438 e. The van der Waals surface area contributed by atoms with Crippen molar-refractivity contribution in [2.75, 3.05) is 178 Å². The number of hydrogen-bond donors (Lipinski definition) is 8. The third-order valence-corrected chi connectivity index (χ3v) is 15.3. The molecule has 0 saturated heterocycles. The summed E-state index contributed by atoms with van der Waals surface area (Å²) in [6.07, 6.45) is -8.99. The Morgan fingerprint density at radius 1 is 0.318 bits per heavy atom. The average Bonchev–Trinajstić information content (AvgIpc) is 3.66. The van der Waals surface area contributed by atoms with E-state index in [-0.39, 0.29) is 117 Å². The summed E-state index contributed by atoms with van der Waals surface area (Å²) in [5.41, 5.74) is -0.710. The molecule has 0 aliphatic heterocycles. The molecule has 8 N–H and O–H groups in total. The van der Waals surface area contributed by atoms with Crippen LogP contribution in [0.1, 0.15) is 55.4 Å². The van der Waals surface area contributed by atoms with Crippen LogP contribution in [0.5, 0.6) is 0 Å². The monoisotopic (exact) mass is 1300 g/mol. The Hall–Kier alpha value is -4.76. The zero-order valence-electron chi connectivity index (χ0n) is 50.0. The van der Waals surface area contributed by atoms with Crippen molar-refractivity contribution in [3.63, 3.8) is 0 Å². The molecule has 85 heavy (non-hydrogen) atoms. The van der Waals surface area contributed by atoms with Gasteiger partial charge in [0.2, 0.25) is 0 Å². The van der Waals surface area contributed by atoms with E-state index in [4.69, 9.17) is 77.0 Å². The molecule has 0 heterocycles. The molecule has 36 heteroatoms. The van der Waals surface area contributed by atoms with Gasteiger partial charge in [-0.3, -0.25) is 19.6 Å².